The second-order valence-electron chi connectivity index (χ2n) is 8.49. The lowest BCUT2D eigenvalue weighted by Crippen LogP contribution is -2.37. The van der Waals surface area contributed by atoms with Crippen molar-refractivity contribution in [3.05, 3.63) is 64.0 Å². The molecule has 4 aromatic rings. The van der Waals surface area contributed by atoms with E-state index in [0.29, 0.717) is 23.6 Å². The third kappa shape index (κ3) is 3.59. The van der Waals surface area contributed by atoms with E-state index in [9.17, 15) is 9.90 Å². The van der Waals surface area contributed by atoms with Crippen LogP contribution >= 0.6 is 0 Å². The summed E-state index contributed by atoms with van der Waals surface area (Å²) in [4.78, 5) is 25.5. The van der Waals surface area contributed by atoms with Crippen LogP contribution in [0.15, 0.2) is 41.5 Å². The zero-order valence-corrected chi connectivity index (χ0v) is 18.5. The lowest BCUT2D eigenvalue weighted by molar-refractivity contribution is 0.164. The van der Waals surface area contributed by atoms with Gasteiger partial charge in [-0.05, 0) is 63.4 Å². The Balaban J connectivity index is 1.68. The van der Waals surface area contributed by atoms with Crippen LogP contribution in [0.25, 0.3) is 22.6 Å². The Morgan fingerprint density at radius 3 is 2.75 bits per heavy atom. The van der Waals surface area contributed by atoms with Crippen LogP contribution in [0.1, 0.15) is 42.6 Å². The Morgan fingerprint density at radius 2 is 2.00 bits per heavy atom. The predicted octanol–water partition coefficient (Wildman–Crippen LogP) is 2.45. The highest BCUT2D eigenvalue weighted by Crippen LogP contribution is 2.32. The van der Waals surface area contributed by atoms with Gasteiger partial charge in [-0.2, -0.15) is 5.10 Å². The molecule has 1 fully saturated rings. The molecule has 32 heavy (non-hydrogen) atoms. The summed E-state index contributed by atoms with van der Waals surface area (Å²) in [6.45, 7) is 6.59. The average molecular weight is 433 g/mol. The van der Waals surface area contributed by atoms with Gasteiger partial charge in [-0.1, -0.05) is 13.0 Å². The first-order chi connectivity index (χ1) is 15.6. The smallest absolute Gasteiger partial charge is 0.262 e. The number of aromatic nitrogens is 5. The molecule has 1 saturated heterocycles. The van der Waals surface area contributed by atoms with Gasteiger partial charge >= 0.3 is 0 Å². The molecule has 0 amide bonds. The van der Waals surface area contributed by atoms with Crippen molar-refractivity contribution in [3.8, 4) is 11.4 Å². The zero-order valence-electron chi connectivity index (χ0n) is 18.5. The van der Waals surface area contributed by atoms with E-state index in [0.717, 1.165) is 54.8 Å². The Kier molecular flexibility index (Phi) is 5.48. The van der Waals surface area contributed by atoms with Crippen LogP contribution in [0.3, 0.4) is 0 Å². The molecule has 8 nitrogen and oxygen atoms in total. The fraction of sp³-hybridized carbons (Fsp3) is 0.417. The van der Waals surface area contributed by atoms with Crippen molar-refractivity contribution >= 4 is 11.2 Å². The summed E-state index contributed by atoms with van der Waals surface area (Å²) in [5, 5.41) is 14.1. The molecular formula is C24H28N6O2. The fourth-order valence-electron chi connectivity index (χ4n) is 4.81. The Bertz CT molecular complexity index is 1330. The maximum atomic E-state index is 13.6. The van der Waals surface area contributed by atoms with Crippen LogP contribution in [-0.2, 0) is 6.42 Å². The highest BCUT2D eigenvalue weighted by Gasteiger charge is 2.28. The summed E-state index contributed by atoms with van der Waals surface area (Å²) < 4.78 is 3.50. The second kappa shape index (κ2) is 8.44. The van der Waals surface area contributed by atoms with E-state index in [1.807, 2.05) is 41.9 Å². The van der Waals surface area contributed by atoms with E-state index in [4.69, 9.17) is 10.1 Å². The van der Waals surface area contributed by atoms with Crippen LogP contribution in [0.5, 0.6) is 0 Å². The maximum Gasteiger partial charge on any atom is 0.262 e. The number of fused-ring (bicyclic) bond motifs is 2. The topological polar surface area (TPSA) is 88.0 Å². The fourth-order valence-corrected chi connectivity index (χ4v) is 4.81. The number of hydrogen-bond donors (Lipinski definition) is 1. The molecule has 4 aromatic heterocycles. The zero-order chi connectivity index (χ0) is 22.2. The molecule has 1 aliphatic heterocycles. The van der Waals surface area contributed by atoms with Gasteiger partial charge in [0.25, 0.3) is 5.56 Å². The van der Waals surface area contributed by atoms with Crippen LogP contribution in [-0.4, -0.2) is 60.2 Å². The monoisotopic (exact) mass is 432 g/mol. The van der Waals surface area contributed by atoms with Crippen molar-refractivity contribution in [2.75, 3.05) is 26.2 Å². The largest absolute Gasteiger partial charge is 0.395 e. The van der Waals surface area contributed by atoms with Crippen molar-refractivity contribution < 1.29 is 5.11 Å². The molecule has 0 spiro atoms. The maximum absolute atomic E-state index is 13.6. The molecule has 0 aromatic carbocycles. The summed E-state index contributed by atoms with van der Waals surface area (Å²) in [7, 11) is 0. The van der Waals surface area contributed by atoms with Gasteiger partial charge in [-0.3, -0.25) is 14.2 Å². The molecule has 0 aliphatic carbocycles. The first-order valence-corrected chi connectivity index (χ1v) is 11.3. The first kappa shape index (κ1) is 20.8. The quantitative estimate of drug-likeness (QED) is 0.521. The lowest BCUT2D eigenvalue weighted by Gasteiger charge is -2.31. The highest BCUT2D eigenvalue weighted by atomic mass is 16.3. The molecule has 1 aliphatic rings. The van der Waals surface area contributed by atoms with Crippen molar-refractivity contribution in [1.82, 2.24) is 28.9 Å². The molecule has 8 heteroatoms. The number of likely N-dealkylation sites (tertiary alicyclic amines) is 1. The van der Waals surface area contributed by atoms with Gasteiger partial charge in [0.15, 0.2) is 0 Å². The van der Waals surface area contributed by atoms with Crippen molar-refractivity contribution in [2.24, 2.45) is 0 Å². The number of β-amino-alcohol motifs (C(OH)–C–C–N with tert-alkyl or cyclic N) is 1. The molecule has 0 atom stereocenters. The number of nitrogens with zero attached hydrogens (tertiary/aromatic N) is 6. The van der Waals surface area contributed by atoms with E-state index in [-0.39, 0.29) is 18.1 Å². The van der Waals surface area contributed by atoms with Crippen molar-refractivity contribution in [3.63, 3.8) is 0 Å². The van der Waals surface area contributed by atoms with Crippen molar-refractivity contribution in [2.45, 2.75) is 39.0 Å². The highest BCUT2D eigenvalue weighted by molar-refractivity contribution is 5.69. The Hall–Kier alpha value is -3.10. The molecule has 0 saturated carbocycles. The first-order valence-electron chi connectivity index (χ1n) is 11.3. The summed E-state index contributed by atoms with van der Waals surface area (Å²) in [6, 6.07) is 7.62. The minimum atomic E-state index is -0.0201. The molecule has 0 radical (unpaired) electrons. The number of pyridine rings is 1. The number of aryl methyl sites for hydroxylation is 2. The third-order valence-corrected chi connectivity index (χ3v) is 6.41. The molecule has 5 heterocycles. The van der Waals surface area contributed by atoms with Crippen LogP contribution in [0.4, 0.5) is 0 Å². The van der Waals surface area contributed by atoms with Gasteiger partial charge < -0.3 is 10.0 Å². The molecular weight excluding hydrogens is 404 g/mol. The molecule has 5 rings (SSSR count). The Labute approximate surface area is 186 Å². The predicted molar refractivity (Wildman–Crippen MR) is 123 cm³/mol. The average Bonchev–Trinajstić information content (AvgIpc) is 3.23. The van der Waals surface area contributed by atoms with E-state index >= 15 is 0 Å². The Morgan fingerprint density at radius 1 is 1.19 bits per heavy atom. The van der Waals surface area contributed by atoms with Crippen LogP contribution in [0.2, 0.25) is 0 Å². The minimum Gasteiger partial charge on any atom is -0.395 e. The van der Waals surface area contributed by atoms with E-state index < -0.39 is 0 Å². The summed E-state index contributed by atoms with van der Waals surface area (Å²) >= 11 is 0. The minimum absolute atomic E-state index is 0.0201. The third-order valence-electron chi connectivity index (χ3n) is 6.41. The molecule has 166 valence electrons. The van der Waals surface area contributed by atoms with Gasteiger partial charge in [0, 0.05) is 18.3 Å². The van der Waals surface area contributed by atoms with Crippen LogP contribution < -0.4 is 5.56 Å². The molecule has 0 bridgehead atoms. The second-order valence-corrected chi connectivity index (χ2v) is 8.49. The normalized spacial score (nSPS) is 15.7. The van der Waals surface area contributed by atoms with E-state index in [2.05, 4.69) is 16.8 Å². The van der Waals surface area contributed by atoms with Gasteiger partial charge in [0.2, 0.25) is 0 Å². The number of aliphatic hydroxyl groups excluding tert-OH is 1. The van der Waals surface area contributed by atoms with Gasteiger partial charge in [-0.15, -0.1) is 0 Å². The van der Waals surface area contributed by atoms with Gasteiger partial charge in [0.05, 0.1) is 29.7 Å². The summed E-state index contributed by atoms with van der Waals surface area (Å²) in [6.07, 6.45) is 6.22. The van der Waals surface area contributed by atoms with Crippen molar-refractivity contribution in [1.29, 1.82) is 0 Å². The lowest BCUT2D eigenvalue weighted by atomic mass is 9.88. The summed E-state index contributed by atoms with van der Waals surface area (Å²) in [5.74, 6) is 0.104. The molecule has 1 N–H and O–H groups in total. The number of piperidine rings is 1. The van der Waals surface area contributed by atoms with Gasteiger partial charge in [0.1, 0.15) is 17.0 Å². The number of hydrogen-bond acceptors (Lipinski definition) is 6. The number of rotatable bonds is 5. The van der Waals surface area contributed by atoms with E-state index in [1.165, 1.54) is 0 Å². The summed E-state index contributed by atoms with van der Waals surface area (Å²) in [5.41, 5.74) is 5.57. The number of aliphatic hydroxyl groups is 1. The molecule has 0 unspecified atom stereocenters. The van der Waals surface area contributed by atoms with Gasteiger partial charge in [-0.25, -0.2) is 9.50 Å². The van der Waals surface area contributed by atoms with Crippen LogP contribution in [0, 0.1) is 6.92 Å². The van der Waals surface area contributed by atoms with E-state index in [1.54, 1.807) is 10.6 Å². The SMILES string of the molecule is CCc1nc(C)cn2nc(-c3nc4ccccn4c(=O)c3C3CCN(CCO)CC3)cc12. The standard InChI is InChI=1S/C24H28N6O2/c1-3-18-20-14-19(27-30(20)15-16(2)25-18)23-22(17-7-10-28(11-8-17)12-13-31)24(32)29-9-5-4-6-21(29)26-23/h4-6,9,14-15,17,31H,3,7-8,10-13H2,1-2H3.